The highest BCUT2D eigenvalue weighted by Gasteiger charge is 2.25. The van der Waals surface area contributed by atoms with Crippen LogP contribution in [-0.2, 0) is 26.7 Å². The van der Waals surface area contributed by atoms with Crippen LogP contribution < -0.4 is 30.4 Å². The fourth-order valence-electron chi connectivity index (χ4n) is 6.53. The summed E-state index contributed by atoms with van der Waals surface area (Å²) in [6, 6.07) is 19.5. The van der Waals surface area contributed by atoms with Crippen LogP contribution in [0.4, 0.5) is 32.1 Å². The Labute approximate surface area is 370 Å². The summed E-state index contributed by atoms with van der Waals surface area (Å²) in [5.74, 6) is -1.68. The van der Waals surface area contributed by atoms with Crippen LogP contribution in [0.15, 0.2) is 132 Å². The smallest absolute Gasteiger partial charge is 0.322 e. The number of anilines is 4. The average molecular weight is 917 g/mol. The fraction of sp³-hybridized carbons (Fsp3) is 0.0698. The minimum atomic E-state index is -4.45. The van der Waals surface area contributed by atoms with Crippen LogP contribution in [0.2, 0.25) is 0 Å². The van der Waals surface area contributed by atoms with Gasteiger partial charge in [-0.3, -0.25) is 24.4 Å². The van der Waals surface area contributed by atoms with Gasteiger partial charge in [-0.25, -0.2) is 40.6 Å². The van der Waals surface area contributed by atoms with Crippen molar-refractivity contribution in [1.29, 1.82) is 0 Å². The van der Waals surface area contributed by atoms with Crippen LogP contribution in [0.25, 0.3) is 44.8 Å². The molecule has 328 valence electrons. The minimum absolute atomic E-state index is 0.0285. The number of nitrogens with one attached hydrogen (secondary N) is 2. The van der Waals surface area contributed by atoms with E-state index in [1.54, 1.807) is 25.1 Å². The van der Waals surface area contributed by atoms with E-state index < -0.39 is 44.3 Å². The van der Waals surface area contributed by atoms with Crippen molar-refractivity contribution < 1.29 is 35.1 Å². The predicted molar refractivity (Wildman–Crippen MR) is 236 cm³/mol. The molecule has 0 amide bonds. The van der Waals surface area contributed by atoms with Gasteiger partial charge in [0.25, 0.3) is 20.0 Å². The number of nitrogens with two attached hydrogens (primary N) is 2. The van der Waals surface area contributed by atoms with Gasteiger partial charge in [-0.15, -0.1) is 0 Å². The quantitative estimate of drug-likeness (QED) is 0.0912. The molecule has 0 aliphatic carbocycles. The van der Waals surface area contributed by atoms with E-state index in [4.69, 9.17) is 20.9 Å². The van der Waals surface area contributed by atoms with E-state index in [0.29, 0.717) is 5.69 Å². The normalized spacial score (nSPS) is 11.5. The second kappa shape index (κ2) is 17.9. The molecule has 0 bridgehead atoms. The minimum Gasteiger partial charge on any atom is -0.481 e. The number of nitrogens with zero attached hydrogens (tertiary/aromatic N) is 8. The average Bonchev–Trinajstić information content (AvgIpc) is 3.29. The van der Waals surface area contributed by atoms with Gasteiger partial charge in [0.15, 0.2) is 11.6 Å². The molecule has 0 atom stereocenters. The van der Waals surface area contributed by atoms with Crippen molar-refractivity contribution in [3.8, 4) is 56.7 Å². The molecule has 6 N–H and O–H groups in total. The number of hydrogen-bond donors (Lipinski definition) is 4. The molecule has 0 radical (unpaired) electrons. The summed E-state index contributed by atoms with van der Waals surface area (Å²) in [6.45, 7) is 1.23. The van der Waals surface area contributed by atoms with Gasteiger partial charge < -0.3 is 20.9 Å². The lowest BCUT2D eigenvalue weighted by molar-refractivity contribution is 0.274. The van der Waals surface area contributed by atoms with Gasteiger partial charge in [0.2, 0.25) is 5.88 Å². The number of sulfonamides is 2. The number of rotatable bonds is 14. The molecular weight excluding hydrogens is 883 g/mol. The lowest BCUT2D eigenvalue weighted by Gasteiger charge is -2.17. The maximum atomic E-state index is 16.4. The molecule has 0 spiro atoms. The molecule has 0 unspecified atom stereocenters. The Hall–Kier alpha value is -8.24. The Morgan fingerprint density at radius 1 is 0.600 bits per heavy atom. The van der Waals surface area contributed by atoms with Crippen LogP contribution in [0.3, 0.4) is 0 Å². The standard InChI is InChI=1S/C43H34F2N12O6S2/c1-24-17-53-40(22-48-24)57-65(60,61)36-10-6-4-8-29(36)26-13-27(42(32(45)15-26)34-19-52-38(47)21-50-34)23-63-43-54-39(16-41(55-43)62-2)56-64(58,59)35-9-5-3-7-28(35)25-11-12-30(31(44)14-25)33-18-51-37(46)20-49-33/h3-22H,23H2,1-2H3,(H2,46,51)(H2,47,52)(H,53,57)(H,54,55,56). The molecule has 0 aliphatic rings. The maximum Gasteiger partial charge on any atom is 0.322 e. The first-order chi connectivity index (χ1) is 31.2. The number of benzene rings is 4. The van der Waals surface area contributed by atoms with E-state index in [1.807, 2.05) is 0 Å². The number of ether oxygens (including phenoxy) is 2. The van der Waals surface area contributed by atoms with Gasteiger partial charge in [0.1, 0.15) is 29.9 Å². The highest BCUT2D eigenvalue weighted by Crippen LogP contribution is 2.36. The third-order valence-electron chi connectivity index (χ3n) is 9.50. The van der Waals surface area contributed by atoms with Crippen molar-refractivity contribution in [1.82, 2.24) is 39.9 Å². The molecule has 22 heteroatoms. The fourth-order valence-corrected chi connectivity index (χ4v) is 8.98. The molecule has 4 aromatic carbocycles. The van der Waals surface area contributed by atoms with E-state index in [2.05, 4.69) is 49.3 Å². The maximum absolute atomic E-state index is 16.4. The molecule has 0 saturated heterocycles. The van der Waals surface area contributed by atoms with Gasteiger partial charge in [-0.05, 0) is 54.4 Å². The van der Waals surface area contributed by atoms with Crippen molar-refractivity contribution in [3.63, 3.8) is 0 Å². The summed E-state index contributed by atoms with van der Waals surface area (Å²) in [5.41, 5.74) is 13.1. The Kier molecular flexibility index (Phi) is 11.9. The third-order valence-corrected chi connectivity index (χ3v) is 12.3. The predicted octanol–water partition coefficient (Wildman–Crippen LogP) is 6.45. The molecular formula is C43H34F2N12O6S2. The Morgan fingerprint density at radius 3 is 1.82 bits per heavy atom. The first kappa shape index (κ1) is 43.4. The molecule has 18 nitrogen and oxygen atoms in total. The first-order valence-electron chi connectivity index (χ1n) is 19.0. The number of aryl methyl sites for hydroxylation is 1. The van der Waals surface area contributed by atoms with Gasteiger partial charge in [0.05, 0.1) is 71.2 Å². The number of hydrogen-bond acceptors (Lipinski definition) is 16. The third kappa shape index (κ3) is 9.57. The molecule has 8 rings (SSSR count). The molecule has 8 aromatic rings. The zero-order chi connectivity index (χ0) is 45.9. The van der Waals surface area contributed by atoms with Gasteiger partial charge in [-0.2, -0.15) is 9.97 Å². The van der Waals surface area contributed by atoms with E-state index in [1.165, 1.54) is 105 Å². The number of methoxy groups -OCH3 is 1. The summed E-state index contributed by atoms with van der Waals surface area (Å²) < 4.78 is 104. The summed E-state index contributed by atoms with van der Waals surface area (Å²) in [6.07, 6.45) is 7.78. The number of nitrogen functional groups attached to an aromatic ring is 2. The SMILES string of the molecule is COc1cc(NS(=O)(=O)c2ccccc2-c2ccc(-c3cnc(N)cn3)c(F)c2)nc(OCc2cc(-c3ccccc3S(=O)(=O)Nc3cnc(C)cn3)cc(F)c2-c2cnc(N)cn2)n1. The van der Waals surface area contributed by atoms with E-state index >= 15 is 8.78 Å². The molecule has 0 saturated carbocycles. The highest BCUT2D eigenvalue weighted by atomic mass is 32.2. The Balaban J connectivity index is 1.11. The highest BCUT2D eigenvalue weighted by molar-refractivity contribution is 7.93. The van der Waals surface area contributed by atoms with Crippen LogP contribution in [-0.4, -0.2) is 63.8 Å². The summed E-state index contributed by atoms with van der Waals surface area (Å²) in [4.78, 5) is 32.6. The number of aromatic nitrogens is 8. The van der Waals surface area contributed by atoms with Gasteiger partial charge in [-0.1, -0.05) is 42.5 Å². The van der Waals surface area contributed by atoms with E-state index in [-0.39, 0.29) is 89.3 Å². The first-order valence-corrected chi connectivity index (χ1v) is 22.0. The number of halogens is 2. The zero-order valence-corrected chi connectivity index (χ0v) is 35.6. The molecule has 65 heavy (non-hydrogen) atoms. The van der Waals surface area contributed by atoms with E-state index in [9.17, 15) is 16.8 Å². The zero-order valence-electron chi connectivity index (χ0n) is 34.0. The van der Waals surface area contributed by atoms with Gasteiger partial charge in [0, 0.05) is 33.9 Å². The topological polar surface area (TPSA) is 266 Å². The molecule has 0 fully saturated rings. The second-order valence-electron chi connectivity index (χ2n) is 14.0. The van der Waals surface area contributed by atoms with Crippen LogP contribution in [0.1, 0.15) is 11.3 Å². The van der Waals surface area contributed by atoms with Crippen LogP contribution in [0.5, 0.6) is 11.9 Å². The summed E-state index contributed by atoms with van der Waals surface area (Å²) in [7, 11) is -7.46. The molecule has 4 heterocycles. The summed E-state index contributed by atoms with van der Waals surface area (Å²) in [5, 5.41) is 0. The Bertz CT molecular complexity index is 3300. The summed E-state index contributed by atoms with van der Waals surface area (Å²) >= 11 is 0. The molecule has 0 aliphatic heterocycles. The Morgan fingerprint density at radius 2 is 1.22 bits per heavy atom. The van der Waals surface area contributed by atoms with Crippen molar-refractivity contribution in [2.45, 2.75) is 23.3 Å². The monoisotopic (exact) mass is 916 g/mol. The van der Waals surface area contributed by atoms with Gasteiger partial charge >= 0.3 is 6.01 Å². The van der Waals surface area contributed by atoms with Crippen molar-refractivity contribution >= 4 is 43.3 Å². The lowest BCUT2D eigenvalue weighted by atomic mass is 9.97. The van der Waals surface area contributed by atoms with Crippen molar-refractivity contribution in [2.24, 2.45) is 0 Å². The van der Waals surface area contributed by atoms with Crippen LogP contribution >= 0.6 is 0 Å². The second-order valence-corrected chi connectivity index (χ2v) is 17.3. The van der Waals surface area contributed by atoms with E-state index in [0.717, 1.165) is 6.07 Å². The molecule has 4 aromatic heterocycles. The largest absolute Gasteiger partial charge is 0.481 e. The van der Waals surface area contributed by atoms with Crippen LogP contribution in [0, 0.1) is 18.6 Å². The van der Waals surface area contributed by atoms with Crippen molar-refractivity contribution in [2.75, 3.05) is 28.0 Å². The van der Waals surface area contributed by atoms with Crippen molar-refractivity contribution in [3.05, 3.63) is 145 Å². The lowest BCUT2D eigenvalue weighted by Crippen LogP contribution is -2.16.